The van der Waals surface area contributed by atoms with Crippen LogP contribution in [0.15, 0.2) is 41.3 Å². The van der Waals surface area contributed by atoms with Crippen LogP contribution in [0.2, 0.25) is 0 Å². The Balaban J connectivity index is 1.37. The predicted octanol–water partition coefficient (Wildman–Crippen LogP) is 3.45. The van der Waals surface area contributed by atoms with Gasteiger partial charge in [-0.25, -0.2) is 0 Å². The third kappa shape index (κ3) is 4.04. The first-order chi connectivity index (χ1) is 13.6. The zero-order valence-electron chi connectivity index (χ0n) is 18.0. The Labute approximate surface area is 172 Å². The molecule has 3 heterocycles. The van der Waals surface area contributed by atoms with E-state index in [2.05, 4.69) is 68.9 Å². The van der Waals surface area contributed by atoms with Crippen molar-refractivity contribution in [2.24, 2.45) is 0 Å². The van der Waals surface area contributed by atoms with Gasteiger partial charge in [-0.3, -0.25) is 14.3 Å². The molecule has 1 unspecified atom stereocenters. The Morgan fingerprint density at radius 2 is 1.76 bits per heavy atom. The molecule has 2 aromatic rings. The van der Waals surface area contributed by atoms with Gasteiger partial charge in [0.15, 0.2) is 6.10 Å². The maximum absolute atomic E-state index is 11.3. The quantitative estimate of drug-likeness (QED) is 0.791. The van der Waals surface area contributed by atoms with E-state index >= 15 is 0 Å². The lowest BCUT2D eigenvalue weighted by Crippen LogP contribution is -2.58. The van der Waals surface area contributed by atoms with Crippen LogP contribution in [-0.4, -0.2) is 45.3 Å². The molecule has 0 saturated carbocycles. The second-order valence-electron chi connectivity index (χ2n) is 9.61. The van der Waals surface area contributed by atoms with Gasteiger partial charge in [-0.05, 0) is 71.2 Å². The lowest BCUT2D eigenvalue weighted by atomic mass is 9.72. The largest absolute Gasteiger partial charge is 0.490 e. The van der Waals surface area contributed by atoms with Gasteiger partial charge in [-0.2, -0.15) is 4.98 Å². The van der Waals surface area contributed by atoms with Crippen LogP contribution in [0.5, 0.6) is 11.8 Å². The molecule has 1 fully saturated rings. The average Bonchev–Trinajstić information content (AvgIpc) is 3.06. The van der Waals surface area contributed by atoms with Crippen LogP contribution < -0.4 is 15.0 Å². The van der Waals surface area contributed by atoms with Gasteiger partial charge >= 0.3 is 0 Å². The van der Waals surface area contributed by atoms with Crippen LogP contribution in [-0.2, 0) is 6.54 Å². The van der Waals surface area contributed by atoms with E-state index in [-0.39, 0.29) is 22.7 Å². The number of hydrogen-bond acceptors (Lipinski definition) is 5. The number of aromatic nitrogens is 2. The average molecular weight is 398 g/mol. The van der Waals surface area contributed by atoms with Crippen LogP contribution >= 0.6 is 0 Å². The van der Waals surface area contributed by atoms with E-state index in [0.29, 0.717) is 25.1 Å². The first-order valence-corrected chi connectivity index (χ1v) is 10.3. The highest BCUT2D eigenvalue weighted by atomic mass is 16.6. The maximum atomic E-state index is 11.3. The normalized spacial score (nSPS) is 23.4. The zero-order chi connectivity index (χ0) is 20.8. The van der Waals surface area contributed by atoms with Crippen LogP contribution in [0, 0.1) is 0 Å². The minimum absolute atomic E-state index is 0.139. The molecule has 1 saturated heterocycles. The van der Waals surface area contributed by atoms with Gasteiger partial charge in [-0.1, -0.05) is 12.1 Å². The minimum atomic E-state index is -0.284. The van der Waals surface area contributed by atoms with Crippen molar-refractivity contribution < 1.29 is 9.47 Å². The van der Waals surface area contributed by atoms with Crippen molar-refractivity contribution in [3.63, 3.8) is 0 Å². The fourth-order valence-electron chi connectivity index (χ4n) is 4.77. The van der Waals surface area contributed by atoms with Crippen molar-refractivity contribution in [1.29, 1.82) is 0 Å². The number of fused-ring (bicyclic) bond motifs is 1. The summed E-state index contributed by atoms with van der Waals surface area (Å²) in [5, 5.41) is 0. The van der Waals surface area contributed by atoms with Gasteiger partial charge in [0.05, 0.1) is 6.54 Å². The smallest absolute Gasteiger partial charge is 0.300 e. The highest BCUT2D eigenvalue weighted by molar-refractivity contribution is 5.31. The number of piperidine rings is 1. The first-order valence-electron chi connectivity index (χ1n) is 10.3. The zero-order valence-corrected chi connectivity index (χ0v) is 18.0. The lowest BCUT2D eigenvalue weighted by Gasteiger charge is -2.54. The summed E-state index contributed by atoms with van der Waals surface area (Å²) in [5.41, 5.74) is 1.44. The second-order valence-corrected chi connectivity index (χ2v) is 9.61. The molecule has 6 nitrogen and oxygen atoms in total. The molecule has 29 heavy (non-hydrogen) atoms. The Bertz CT molecular complexity index is 915. The monoisotopic (exact) mass is 397 g/mol. The molecular formula is C23H31N3O3. The molecule has 0 amide bonds. The molecule has 4 rings (SSSR count). The summed E-state index contributed by atoms with van der Waals surface area (Å²) in [7, 11) is 2.24. The lowest BCUT2D eigenvalue weighted by molar-refractivity contribution is -0.0128. The number of ether oxygens (including phenoxy) is 2. The Kier molecular flexibility index (Phi) is 4.93. The molecule has 0 N–H and O–H groups in total. The molecule has 1 atom stereocenters. The van der Waals surface area contributed by atoms with Gasteiger partial charge in [0.25, 0.3) is 11.6 Å². The summed E-state index contributed by atoms with van der Waals surface area (Å²) in [4.78, 5) is 17.7. The van der Waals surface area contributed by atoms with Gasteiger partial charge in [0.2, 0.25) is 0 Å². The Hall–Kier alpha value is -2.34. The van der Waals surface area contributed by atoms with Crippen LogP contribution in [0.3, 0.4) is 0 Å². The maximum Gasteiger partial charge on any atom is 0.300 e. The molecule has 0 bridgehead atoms. The van der Waals surface area contributed by atoms with Crippen molar-refractivity contribution in [2.45, 2.75) is 70.2 Å². The van der Waals surface area contributed by atoms with E-state index in [4.69, 9.17) is 9.47 Å². The fourth-order valence-corrected chi connectivity index (χ4v) is 4.77. The van der Waals surface area contributed by atoms with Gasteiger partial charge in [0, 0.05) is 23.3 Å². The van der Waals surface area contributed by atoms with Gasteiger partial charge in [-0.15, -0.1) is 0 Å². The molecule has 1 aromatic carbocycles. The highest BCUT2D eigenvalue weighted by Crippen LogP contribution is 2.44. The molecule has 156 valence electrons. The van der Waals surface area contributed by atoms with Crippen molar-refractivity contribution in [3.8, 4) is 11.8 Å². The third-order valence-electron chi connectivity index (χ3n) is 6.62. The van der Waals surface area contributed by atoms with E-state index in [0.717, 1.165) is 18.6 Å². The number of likely N-dealkylation sites (tertiary alicyclic amines) is 1. The van der Waals surface area contributed by atoms with Gasteiger partial charge < -0.3 is 9.47 Å². The van der Waals surface area contributed by atoms with E-state index in [1.807, 2.05) is 4.57 Å². The summed E-state index contributed by atoms with van der Waals surface area (Å²) >= 11 is 0. The topological polar surface area (TPSA) is 56.6 Å². The van der Waals surface area contributed by atoms with Gasteiger partial charge in [0.1, 0.15) is 12.4 Å². The van der Waals surface area contributed by atoms with Crippen LogP contribution in [0.1, 0.15) is 52.0 Å². The molecular weight excluding hydrogens is 366 g/mol. The van der Waals surface area contributed by atoms with Crippen molar-refractivity contribution in [3.05, 3.63) is 52.4 Å². The number of nitrogens with zero attached hydrogens (tertiary/aromatic N) is 3. The molecule has 6 heteroatoms. The number of hydrogen-bond donors (Lipinski definition) is 0. The summed E-state index contributed by atoms with van der Waals surface area (Å²) < 4.78 is 13.5. The second kappa shape index (κ2) is 7.17. The van der Waals surface area contributed by atoms with Crippen molar-refractivity contribution in [2.75, 3.05) is 13.7 Å². The molecule has 2 aliphatic heterocycles. The van der Waals surface area contributed by atoms with Crippen LogP contribution in [0.4, 0.5) is 0 Å². The van der Waals surface area contributed by atoms with Crippen molar-refractivity contribution in [1.82, 2.24) is 14.5 Å². The Morgan fingerprint density at radius 3 is 2.41 bits per heavy atom. The summed E-state index contributed by atoms with van der Waals surface area (Å²) in [5.74, 6) is 1.38. The van der Waals surface area contributed by atoms with Crippen molar-refractivity contribution >= 4 is 0 Å². The van der Waals surface area contributed by atoms with Crippen LogP contribution in [0.25, 0.3) is 0 Å². The summed E-state index contributed by atoms with van der Waals surface area (Å²) in [6, 6.07) is 10.3. The highest BCUT2D eigenvalue weighted by Gasteiger charge is 2.43. The summed E-state index contributed by atoms with van der Waals surface area (Å²) in [6.45, 7) is 10.4. The SMILES string of the molecule is CN1C(C)(C)CC(c2ccc(OCC3Cn4ccc(=O)nc4O3)cc2)CC1(C)C. The Morgan fingerprint density at radius 1 is 1.10 bits per heavy atom. The minimum Gasteiger partial charge on any atom is -0.490 e. The fraction of sp³-hybridized carbons (Fsp3) is 0.565. The number of benzene rings is 1. The molecule has 0 aliphatic carbocycles. The molecule has 0 radical (unpaired) electrons. The van der Waals surface area contributed by atoms with E-state index in [9.17, 15) is 4.79 Å². The standard InChI is InChI=1S/C23H31N3O3/c1-22(2)12-17(13-23(3,4)25(22)5)16-6-8-18(9-7-16)28-15-19-14-26-11-10-20(27)24-21(26)29-19/h6-11,17,19H,12-15H2,1-5H3. The molecule has 0 spiro atoms. The summed E-state index contributed by atoms with van der Waals surface area (Å²) in [6.07, 6.45) is 3.87. The first kappa shape index (κ1) is 20.0. The predicted molar refractivity (Wildman–Crippen MR) is 113 cm³/mol. The molecule has 1 aromatic heterocycles. The van der Waals surface area contributed by atoms with E-state index in [1.165, 1.54) is 11.6 Å². The third-order valence-corrected chi connectivity index (χ3v) is 6.62. The van der Waals surface area contributed by atoms with E-state index < -0.39 is 0 Å². The number of rotatable bonds is 4. The van der Waals surface area contributed by atoms with E-state index in [1.54, 1.807) is 6.20 Å². The molecule has 2 aliphatic rings.